The van der Waals surface area contributed by atoms with Gasteiger partial charge in [-0.3, -0.25) is 20.2 Å². The molecular weight excluding hydrogens is 458 g/mol. The zero-order valence-electron chi connectivity index (χ0n) is 19.9. The SMILES string of the molecule is CC(C)(C)OC(=O)N1C[C@H](OCc2cccc([N+](=O)[O-])c2)C[C@@H]1COCc1cccc([N+](=O)[O-])c1. The molecule has 0 unspecified atom stereocenters. The lowest BCUT2D eigenvalue weighted by Gasteiger charge is -2.28. The summed E-state index contributed by atoms with van der Waals surface area (Å²) >= 11 is 0. The maximum Gasteiger partial charge on any atom is 0.410 e. The Kier molecular flexibility index (Phi) is 8.36. The van der Waals surface area contributed by atoms with Crippen LogP contribution >= 0.6 is 0 Å². The molecule has 0 N–H and O–H groups in total. The highest BCUT2D eigenvalue weighted by Gasteiger charge is 2.38. The van der Waals surface area contributed by atoms with E-state index >= 15 is 0 Å². The number of nitrogens with zero attached hydrogens (tertiary/aromatic N) is 3. The van der Waals surface area contributed by atoms with E-state index in [0.717, 1.165) is 0 Å². The highest BCUT2D eigenvalue weighted by molar-refractivity contribution is 5.69. The molecule has 1 fully saturated rings. The number of nitro groups is 2. The number of hydrogen-bond donors (Lipinski definition) is 0. The molecule has 2 atom stereocenters. The minimum Gasteiger partial charge on any atom is -0.444 e. The van der Waals surface area contributed by atoms with Gasteiger partial charge in [0.1, 0.15) is 5.60 Å². The summed E-state index contributed by atoms with van der Waals surface area (Å²) < 4.78 is 17.3. The molecule has 3 rings (SSSR count). The van der Waals surface area contributed by atoms with Crippen LogP contribution < -0.4 is 0 Å². The normalized spacial score (nSPS) is 17.9. The zero-order chi connectivity index (χ0) is 25.6. The van der Waals surface area contributed by atoms with Gasteiger partial charge in [0, 0.05) is 24.3 Å². The highest BCUT2D eigenvalue weighted by Crippen LogP contribution is 2.25. The fourth-order valence-electron chi connectivity index (χ4n) is 3.74. The Hall–Kier alpha value is -3.57. The molecule has 1 aliphatic rings. The van der Waals surface area contributed by atoms with Gasteiger partial charge in [0.15, 0.2) is 0 Å². The minimum absolute atomic E-state index is 0.0136. The number of benzene rings is 2. The average Bonchev–Trinajstić information content (AvgIpc) is 3.20. The number of ether oxygens (including phenoxy) is 3. The molecule has 1 heterocycles. The summed E-state index contributed by atoms with van der Waals surface area (Å²) in [6, 6.07) is 12.1. The lowest BCUT2D eigenvalue weighted by atomic mass is 10.2. The molecule has 1 aliphatic heterocycles. The van der Waals surface area contributed by atoms with E-state index in [0.29, 0.717) is 17.5 Å². The molecule has 0 spiro atoms. The van der Waals surface area contributed by atoms with Gasteiger partial charge in [-0.05, 0) is 38.3 Å². The van der Waals surface area contributed by atoms with Gasteiger partial charge in [-0.25, -0.2) is 4.79 Å². The van der Waals surface area contributed by atoms with Crippen molar-refractivity contribution in [2.75, 3.05) is 13.2 Å². The number of carbonyl (C=O) groups is 1. The average molecular weight is 488 g/mol. The quantitative estimate of drug-likeness (QED) is 0.369. The van der Waals surface area contributed by atoms with E-state index in [1.807, 2.05) is 0 Å². The topological polar surface area (TPSA) is 134 Å². The summed E-state index contributed by atoms with van der Waals surface area (Å²) in [5.74, 6) is 0. The van der Waals surface area contributed by atoms with Crippen LogP contribution in [0.15, 0.2) is 48.5 Å². The first-order valence-corrected chi connectivity index (χ1v) is 11.2. The number of non-ortho nitro benzene ring substituents is 2. The summed E-state index contributed by atoms with van der Waals surface area (Å²) in [7, 11) is 0. The van der Waals surface area contributed by atoms with Gasteiger partial charge >= 0.3 is 6.09 Å². The molecule has 2 aromatic rings. The Labute approximate surface area is 202 Å². The molecule has 1 amide bonds. The Balaban J connectivity index is 1.62. The molecule has 0 aliphatic carbocycles. The number of nitro benzene ring substituents is 2. The van der Waals surface area contributed by atoms with Crippen LogP contribution in [0.25, 0.3) is 0 Å². The number of rotatable bonds is 9. The number of carbonyl (C=O) groups excluding carboxylic acids is 1. The standard InChI is InChI=1S/C24H29N3O8/c1-24(2,3)35-23(28)25-13-22(34-15-18-7-5-9-20(11-18)27(31)32)12-21(25)16-33-14-17-6-4-8-19(10-17)26(29)30/h4-11,21-22H,12-16H2,1-3H3/t21-,22-/m1/s1. The van der Waals surface area contributed by atoms with E-state index in [9.17, 15) is 25.0 Å². The zero-order valence-corrected chi connectivity index (χ0v) is 19.9. The van der Waals surface area contributed by atoms with Gasteiger partial charge in [0.2, 0.25) is 0 Å². The molecule has 11 heteroatoms. The molecule has 2 aromatic carbocycles. The molecule has 0 saturated carbocycles. The highest BCUT2D eigenvalue weighted by atomic mass is 16.6. The van der Waals surface area contributed by atoms with Crippen molar-refractivity contribution >= 4 is 17.5 Å². The van der Waals surface area contributed by atoms with Crippen LogP contribution in [-0.2, 0) is 27.4 Å². The first kappa shape index (κ1) is 26.0. The third-order valence-electron chi connectivity index (χ3n) is 5.31. The third-order valence-corrected chi connectivity index (χ3v) is 5.31. The summed E-state index contributed by atoms with van der Waals surface area (Å²) in [5.41, 5.74) is 0.609. The lowest BCUT2D eigenvalue weighted by Crippen LogP contribution is -2.42. The van der Waals surface area contributed by atoms with Gasteiger partial charge in [-0.1, -0.05) is 24.3 Å². The number of likely N-dealkylation sites (tertiary alicyclic amines) is 1. The van der Waals surface area contributed by atoms with E-state index in [1.165, 1.54) is 24.3 Å². The summed E-state index contributed by atoms with van der Waals surface area (Å²) in [6.45, 7) is 6.14. The van der Waals surface area contributed by atoms with Gasteiger partial charge in [-0.2, -0.15) is 0 Å². The Morgan fingerprint density at radius 3 is 2.11 bits per heavy atom. The number of hydrogen-bond acceptors (Lipinski definition) is 8. The second kappa shape index (κ2) is 11.2. The molecule has 35 heavy (non-hydrogen) atoms. The Bertz CT molecular complexity index is 1070. The smallest absolute Gasteiger partial charge is 0.410 e. The molecular formula is C24H29N3O8. The van der Waals surface area contributed by atoms with Gasteiger partial charge < -0.3 is 19.1 Å². The Morgan fingerprint density at radius 1 is 1.00 bits per heavy atom. The van der Waals surface area contributed by atoms with Gasteiger partial charge in [-0.15, -0.1) is 0 Å². The predicted molar refractivity (Wildman–Crippen MR) is 126 cm³/mol. The first-order valence-electron chi connectivity index (χ1n) is 11.2. The first-order chi connectivity index (χ1) is 16.5. The summed E-state index contributed by atoms with van der Waals surface area (Å²) in [5, 5.41) is 22.0. The molecule has 1 saturated heterocycles. The largest absolute Gasteiger partial charge is 0.444 e. The molecule has 11 nitrogen and oxygen atoms in total. The monoisotopic (exact) mass is 487 g/mol. The van der Waals surface area contributed by atoms with E-state index in [-0.39, 0.29) is 49.9 Å². The van der Waals surface area contributed by atoms with E-state index in [2.05, 4.69) is 0 Å². The molecule has 0 aromatic heterocycles. The van der Waals surface area contributed by atoms with Crippen molar-refractivity contribution in [3.63, 3.8) is 0 Å². The van der Waals surface area contributed by atoms with Crippen molar-refractivity contribution in [1.29, 1.82) is 0 Å². The third kappa shape index (κ3) is 7.72. The summed E-state index contributed by atoms with van der Waals surface area (Å²) in [4.78, 5) is 35.4. The fraction of sp³-hybridized carbons (Fsp3) is 0.458. The van der Waals surface area contributed by atoms with Crippen LogP contribution in [0.3, 0.4) is 0 Å². The second-order valence-electron chi connectivity index (χ2n) is 9.32. The van der Waals surface area contributed by atoms with Crippen molar-refractivity contribution < 1.29 is 28.9 Å². The van der Waals surface area contributed by atoms with Crippen molar-refractivity contribution in [3.8, 4) is 0 Å². The van der Waals surface area contributed by atoms with Crippen LogP contribution in [-0.4, -0.2) is 51.7 Å². The van der Waals surface area contributed by atoms with Crippen molar-refractivity contribution in [1.82, 2.24) is 4.90 Å². The van der Waals surface area contributed by atoms with Gasteiger partial charge in [0.25, 0.3) is 11.4 Å². The lowest BCUT2D eigenvalue weighted by molar-refractivity contribution is -0.385. The van der Waals surface area contributed by atoms with E-state index < -0.39 is 21.5 Å². The van der Waals surface area contributed by atoms with Crippen LogP contribution in [0, 0.1) is 20.2 Å². The predicted octanol–water partition coefficient (Wildman–Crippen LogP) is 4.61. The van der Waals surface area contributed by atoms with Crippen molar-refractivity contribution in [2.24, 2.45) is 0 Å². The Morgan fingerprint density at radius 2 is 1.57 bits per heavy atom. The van der Waals surface area contributed by atoms with Crippen LogP contribution in [0.1, 0.15) is 38.3 Å². The second-order valence-corrected chi connectivity index (χ2v) is 9.32. The maximum atomic E-state index is 12.8. The van der Waals surface area contributed by atoms with Crippen LogP contribution in [0.5, 0.6) is 0 Å². The minimum atomic E-state index is -0.673. The van der Waals surface area contributed by atoms with Crippen LogP contribution in [0.4, 0.5) is 16.2 Å². The molecule has 0 bridgehead atoms. The van der Waals surface area contributed by atoms with Gasteiger partial charge in [0.05, 0.1) is 48.4 Å². The molecule has 0 radical (unpaired) electrons. The number of amides is 1. The fourth-order valence-corrected chi connectivity index (χ4v) is 3.74. The van der Waals surface area contributed by atoms with E-state index in [4.69, 9.17) is 14.2 Å². The van der Waals surface area contributed by atoms with Crippen LogP contribution in [0.2, 0.25) is 0 Å². The van der Waals surface area contributed by atoms with Crippen molar-refractivity contribution in [3.05, 3.63) is 79.9 Å². The summed E-state index contributed by atoms with van der Waals surface area (Å²) in [6.07, 6.45) is -0.306. The maximum absolute atomic E-state index is 12.8. The van der Waals surface area contributed by atoms with Crippen molar-refractivity contribution in [2.45, 2.75) is 58.2 Å². The molecule has 188 valence electrons. The van der Waals surface area contributed by atoms with E-state index in [1.54, 1.807) is 49.9 Å².